The van der Waals surface area contributed by atoms with Crippen molar-refractivity contribution in [2.45, 2.75) is 38.3 Å². The van der Waals surface area contributed by atoms with Crippen LogP contribution in [0.2, 0.25) is 0 Å². The molecule has 1 aromatic carbocycles. The van der Waals surface area contributed by atoms with Crippen LogP contribution in [-0.2, 0) is 28.0 Å². The van der Waals surface area contributed by atoms with Crippen LogP contribution in [0.5, 0.6) is 0 Å². The predicted molar refractivity (Wildman–Crippen MR) is 93.5 cm³/mol. The highest BCUT2D eigenvalue weighted by Crippen LogP contribution is 2.35. The molecule has 0 spiro atoms. The highest BCUT2D eigenvalue weighted by molar-refractivity contribution is 7.83. The Bertz CT molecular complexity index is 1020. The average molecular weight is 398 g/mol. The smallest absolute Gasteiger partial charge is 0.403 e. The molecular formula is C17H21FN3O5S+. The fraction of sp³-hybridized carbons (Fsp3) is 0.471. The van der Waals surface area contributed by atoms with E-state index in [0.717, 1.165) is 9.87 Å². The number of carboxylic acid groups (broad SMARTS) is 1. The minimum Gasteiger partial charge on any atom is -0.480 e. The van der Waals surface area contributed by atoms with Gasteiger partial charge in [-0.2, -0.15) is 13.6 Å². The Morgan fingerprint density at radius 3 is 2.85 bits per heavy atom. The molecule has 146 valence electrons. The zero-order valence-electron chi connectivity index (χ0n) is 14.6. The van der Waals surface area contributed by atoms with Crippen LogP contribution in [-0.4, -0.2) is 57.2 Å². The van der Waals surface area contributed by atoms with E-state index in [1.54, 1.807) is 6.07 Å². The van der Waals surface area contributed by atoms with E-state index in [-0.39, 0.29) is 38.3 Å². The van der Waals surface area contributed by atoms with Crippen molar-refractivity contribution in [1.82, 2.24) is 9.29 Å². The van der Waals surface area contributed by atoms with E-state index in [1.807, 2.05) is 0 Å². The van der Waals surface area contributed by atoms with E-state index < -0.39 is 26.3 Å². The molecule has 1 aromatic heterocycles. The summed E-state index contributed by atoms with van der Waals surface area (Å²) in [6.07, 6.45) is 1.65. The highest BCUT2D eigenvalue weighted by atomic mass is 32.2. The van der Waals surface area contributed by atoms with E-state index in [0.29, 0.717) is 29.4 Å². The van der Waals surface area contributed by atoms with Gasteiger partial charge in [0.05, 0.1) is 5.69 Å². The molecule has 1 fully saturated rings. The van der Waals surface area contributed by atoms with Crippen molar-refractivity contribution >= 4 is 27.1 Å². The summed E-state index contributed by atoms with van der Waals surface area (Å²) in [6, 6.07) is 3.12. The maximum atomic E-state index is 13.6. The molecule has 4 rings (SSSR count). The van der Waals surface area contributed by atoms with Crippen LogP contribution in [0, 0.1) is 5.82 Å². The van der Waals surface area contributed by atoms with Crippen molar-refractivity contribution in [3.05, 3.63) is 35.3 Å². The second-order valence-electron chi connectivity index (χ2n) is 7.19. The first-order chi connectivity index (χ1) is 12.7. The minimum absolute atomic E-state index is 0.0740. The van der Waals surface area contributed by atoms with Crippen LogP contribution in [0.1, 0.15) is 30.5 Å². The van der Waals surface area contributed by atoms with Gasteiger partial charge in [-0.15, -0.1) is 4.31 Å². The van der Waals surface area contributed by atoms with Crippen LogP contribution in [0.3, 0.4) is 0 Å². The van der Waals surface area contributed by atoms with Gasteiger partial charge in [0.2, 0.25) is 0 Å². The fourth-order valence-electron chi connectivity index (χ4n) is 4.13. The summed E-state index contributed by atoms with van der Waals surface area (Å²) in [6.45, 7) is -0.289. The molecular weight excluding hydrogens is 377 g/mol. The van der Waals surface area contributed by atoms with Crippen molar-refractivity contribution in [2.24, 2.45) is 0 Å². The van der Waals surface area contributed by atoms with Gasteiger partial charge in [0, 0.05) is 23.9 Å². The second-order valence-corrected chi connectivity index (χ2v) is 9.23. The molecule has 0 amide bonds. The maximum Gasteiger partial charge on any atom is 0.403 e. The number of aromatic nitrogens is 1. The van der Waals surface area contributed by atoms with Gasteiger partial charge in [0.15, 0.2) is 6.54 Å². The Morgan fingerprint density at radius 2 is 2.11 bits per heavy atom. The zero-order valence-corrected chi connectivity index (χ0v) is 15.4. The number of nitrogens with zero attached hydrogens (tertiary/aromatic N) is 2. The first-order valence-corrected chi connectivity index (χ1v) is 10.3. The van der Waals surface area contributed by atoms with E-state index in [9.17, 15) is 27.9 Å². The molecule has 1 saturated heterocycles. The summed E-state index contributed by atoms with van der Waals surface area (Å²) in [5.74, 6) is -1.59. The van der Waals surface area contributed by atoms with Gasteiger partial charge in [-0.1, -0.05) is 4.05 Å². The van der Waals surface area contributed by atoms with Gasteiger partial charge in [0.25, 0.3) is 0 Å². The fourth-order valence-corrected chi connectivity index (χ4v) is 6.01. The standard InChI is InChI=1S/C17H20FN3O5S/c18-11-4-5-14-13(9-11)12-6-8-21(24,10-15(12)19-14)27(25,26)20-7-2-1-3-16(20)17(22)23/h4-5,9,16,19,24H,1-3,6-8,10H2/p+1/t16-,21?/m1/s1. The lowest BCUT2D eigenvalue weighted by molar-refractivity contribution is -1.02. The third-order valence-corrected chi connectivity index (χ3v) is 7.74. The first-order valence-electron chi connectivity index (χ1n) is 8.86. The number of hydroxylamine groups is 2. The lowest BCUT2D eigenvalue weighted by Gasteiger charge is -2.39. The molecule has 3 heterocycles. The molecule has 2 atom stereocenters. The van der Waals surface area contributed by atoms with Crippen molar-refractivity contribution in [3.8, 4) is 0 Å². The van der Waals surface area contributed by atoms with Crippen LogP contribution < -0.4 is 0 Å². The molecule has 2 aliphatic rings. The van der Waals surface area contributed by atoms with E-state index >= 15 is 0 Å². The first kappa shape index (κ1) is 18.4. The lowest BCUT2D eigenvalue weighted by Crippen LogP contribution is -2.62. The number of fused-ring (bicyclic) bond motifs is 3. The summed E-state index contributed by atoms with van der Waals surface area (Å²) < 4.78 is 39.5. The van der Waals surface area contributed by atoms with E-state index in [2.05, 4.69) is 4.98 Å². The van der Waals surface area contributed by atoms with E-state index in [1.165, 1.54) is 12.1 Å². The molecule has 1 unspecified atom stereocenters. The molecule has 8 nitrogen and oxygen atoms in total. The number of rotatable bonds is 3. The second kappa shape index (κ2) is 6.26. The normalized spacial score (nSPS) is 26.8. The molecule has 0 aliphatic carbocycles. The summed E-state index contributed by atoms with van der Waals surface area (Å²) in [5.41, 5.74) is 1.99. The molecule has 2 aromatic rings. The van der Waals surface area contributed by atoms with Crippen LogP contribution in [0.25, 0.3) is 10.9 Å². The number of aliphatic carboxylic acids is 1. The highest BCUT2D eigenvalue weighted by Gasteiger charge is 2.52. The van der Waals surface area contributed by atoms with Crippen LogP contribution in [0.15, 0.2) is 18.2 Å². The minimum atomic E-state index is -4.32. The van der Waals surface area contributed by atoms with Crippen LogP contribution >= 0.6 is 0 Å². The number of nitrogens with one attached hydrogen (secondary N) is 1. The van der Waals surface area contributed by atoms with Crippen molar-refractivity contribution in [2.75, 3.05) is 13.1 Å². The number of carboxylic acids is 1. The topological polar surface area (TPSA) is 111 Å². The Kier molecular flexibility index (Phi) is 4.26. The monoisotopic (exact) mass is 398 g/mol. The van der Waals surface area contributed by atoms with Gasteiger partial charge in [-0.05, 0) is 43.0 Å². The molecule has 2 aliphatic heterocycles. The van der Waals surface area contributed by atoms with Gasteiger partial charge in [-0.25, -0.2) is 4.39 Å². The summed E-state index contributed by atoms with van der Waals surface area (Å²) >= 11 is 0. The number of quaternary nitrogens is 1. The molecule has 0 radical (unpaired) electrons. The molecule has 3 N–H and O–H groups in total. The predicted octanol–water partition coefficient (Wildman–Crippen LogP) is 1.75. The van der Waals surface area contributed by atoms with Crippen molar-refractivity contribution < 1.29 is 32.0 Å². The molecule has 0 saturated carbocycles. The summed E-state index contributed by atoms with van der Waals surface area (Å²) in [4.78, 5) is 14.6. The van der Waals surface area contributed by atoms with Gasteiger partial charge in [-0.3, -0.25) is 4.79 Å². The number of piperidine rings is 1. The van der Waals surface area contributed by atoms with Crippen LogP contribution in [0.4, 0.5) is 4.39 Å². The molecule has 10 heteroatoms. The Morgan fingerprint density at radius 1 is 1.33 bits per heavy atom. The van der Waals surface area contributed by atoms with Crippen molar-refractivity contribution in [3.63, 3.8) is 0 Å². The van der Waals surface area contributed by atoms with Gasteiger partial charge in [0.1, 0.15) is 18.4 Å². The number of hydrogen-bond donors (Lipinski definition) is 3. The number of hydrogen-bond acceptors (Lipinski definition) is 4. The number of halogens is 1. The number of aromatic amines is 1. The number of benzene rings is 1. The largest absolute Gasteiger partial charge is 0.480 e. The lowest BCUT2D eigenvalue weighted by atomic mass is 10.0. The number of H-pyrrole nitrogens is 1. The average Bonchev–Trinajstić information content (AvgIpc) is 2.98. The third-order valence-electron chi connectivity index (χ3n) is 5.54. The van der Waals surface area contributed by atoms with Crippen molar-refractivity contribution in [1.29, 1.82) is 0 Å². The van der Waals surface area contributed by atoms with Gasteiger partial charge >= 0.3 is 16.2 Å². The van der Waals surface area contributed by atoms with Gasteiger partial charge < -0.3 is 10.1 Å². The Labute approximate surface area is 155 Å². The summed E-state index contributed by atoms with van der Waals surface area (Å²) in [5, 5.41) is 21.1. The van der Waals surface area contributed by atoms with E-state index in [4.69, 9.17) is 0 Å². The third kappa shape index (κ3) is 2.83. The Balaban J connectivity index is 1.71. The molecule has 27 heavy (non-hydrogen) atoms. The molecule has 0 bridgehead atoms. The Hall–Kier alpha value is -2.01. The maximum absolute atomic E-state index is 13.6. The number of carbonyl (C=O) groups is 1. The zero-order chi connectivity index (χ0) is 19.4. The summed E-state index contributed by atoms with van der Waals surface area (Å²) in [7, 11) is -4.32. The quantitative estimate of drug-likeness (QED) is 0.683. The SMILES string of the molecule is O=C(O)[C@H]1CCCCN1S(=O)(=O)[N+]1(O)CCc2c([nH]c3ccc(F)cc23)C1.